The molecule has 3 aromatic carbocycles. The van der Waals surface area contributed by atoms with Crippen molar-refractivity contribution in [2.45, 2.75) is 58.7 Å². The number of rotatable bonds is 10. The van der Waals surface area contributed by atoms with Crippen LogP contribution in [0.3, 0.4) is 0 Å². The van der Waals surface area contributed by atoms with E-state index in [-0.39, 0.29) is 24.3 Å². The molecule has 4 nitrogen and oxygen atoms in total. The van der Waals surface area contributed by atoms with Gasteiger partial charge in [-0.25, -0.2) is 0 Å². The van der Waals surface area contributed by atoms with E-state index in [1.807, 2.05) is 87.5 Å². The van der Waals surface area contributed by atoms with Crippen LogP contribution in [0.15, 0.2) is 78.9 Å². The second-order valence-corrected chi connectivity index (χ2v) is 9.27. The number of halogens is 1. The fourth-order valence-corrected chi connectivity index (χ4v) is 3.89. The average Bonchev–Trinajstić information content (AvgIpc) is 2.84. The van der Waals surface area contributed by atoms with Crippen LogP contribution in [0.1, 0.15) is 42.5 Å². The van der Waals surface area contributed by atoms with Gasteiger partial charge in [0.05, 0.1) is 6.42 Å². The van der Waals surface area contributed by atoms with Crippen LogP contribution in [0.25, 0.3) is 0 Å². The Bertz CT molecular complexity index is 1070. The first-order valence-electron chi connectivity index (χ1n) is 11.8. The van der Waals surface area contributed by atoms with Crippen molar-refractivity contribution in [2.24, 2.45) is 0 Å². The number of hydrogen-bond donors (Lipinski definition) is 1. The molecule has 34 heavy (non-hydrogen) atoms. The van der Waals surface area contributed by atoms with E-state index in [1.54, 1.807) is 17.0 Å². The van der Waals surface area contributed by atoms with Crippen LogP contribution in [-0.2, 0) is 29.0 Å². The van der Waals surface area contributed by atoms with Crippen molar-refractivity contribution < 1.29 is 9.59 Å². The molecule has 0 unspecified atom stereocenters. The summed E-state index contributed by atoms with van der Waals surface area (Å²) in [6.07, 6.45) is 1.47. The number of carbonyl (C=O) groups is 2. The molecule has 0 aliphatic carbocycles. The van der Waals surface area contributed by atoms with Gasteiger partial charge >= 0.3 is 0 Å². The SMILES string of the molecule is CC[C@@H](C)NC(=O)[C@H](Cc1ccccc1)N(Cc1ccc(C)cc1)C(=O)Cc1ccc(Cl)cc1. The second kappa shape index (κ2) is 12.4. The van der Waals surface area contributed by atoms with E-state index < -0.39 is 6.04 Å². The van der Waals surface area contributed by atoms with Crippen LogP contribution >= 0.6 is 11.6 Å². The van der Waals surface area contributed by atoms with Crippen molar-refractivity contribution in [1.29, 1.82) is 0 Å². The summed E-state index contributed by atoms with van der Waals surface area (Å²) in [5.41, 5.74) is 4.02. The molecule has 178 valence electrons. The molecule has 0 saturated heterocycles. The molecule has 0 heterocycles. The maximum absolute atomic E-state index is 13.7. The smallest absolute Gasteiger partial charge is 0.243 e. The Morgan fingerprint density at radius 3 is 2.12 bits per heavy atom. The number of aryl methyl sites for hydroxylation is 1. The molecular weight excluding hydrogens is 444 g/mol. The fourth-order valence-electron chi connectivity index (χ4n) is 3.76. The molecule has 0 aliphatic heterocycles. The minimum absolute atomic E-state index is 0.0263. The Morgan fingerprint density at radius 1 is 0.882 bits per heavy atom. The molecule has 0 aliphatic rings. The highest BCUT2D eigenvalue weighted by molar-refractivity contribution is 6.30. The molecule has 0 fully saturated rings. The predicted molar refractivity (Wildman–Crippen MR) is 139 cm³/mol. The van der Waals surface area contributed by atoms with E-state index in [0.717, 1.165) is 28.7 Å². The summed E-state index contributed by atoms with van der Waals surface area (Å²) in [6.45, 7) is 6.41. The van der Waals surface area contributed by atoms with Crippen LogP contribution < -0.4 is 5.32 Å². The maximum atomic E-state index is 13.7. The quantitative estimate of drug-likeness (QED) is 0.405. The Morgan fingerprint density at radius 2 is 1.50 bits per heavy atom. The molecule has 3 aromatic rings. The Balaban J connectivity index is 1.95. The largest absolute Gasteiger partial charge is 0.352 e. The van der Waals surface area contributed by atoms with Gasteiger partial charge in [0, 0.05) is 24.0 Å². The lowest BCUT2D eigenvalue weighted by Gasteiger charge is -2.32. The average molecular weight is 477 g/mol. The van der Waals surface area contributed by atoms with Gasteiger partial charge < -0.3 is 10.2 Å². The molecule has 5 heteroatoms. The molecule has 0 saturated carbocycles. The van der Waals surface area contributed by atoms with E-state index in [2.05, 4.69) is 5.32 Å². The van der Waals surface area contributed by atoms with Gasteiger partial charge in [-0.05, 0) is 49.1 Å². The normalized spacial score (nSPS) is 12.6. The number of hydrogen-bond acceptors (Lipinski definition) is 2. The monoisotopic (exact) mass is 476 g/mol. The molecule has 0 spiro atoms. The third kappa shape index (κ3) is 7.46. The zero-order chi connectivity index (χ0) is 24.5. The summed E-state index contributed by atoms with van der Waals surface area (Å²) in [7, 11) is 0. The topological polar surface area (TPSA) is 49.4 Å². The van der Waals surface area contributed by atoms with Gasteiger partial charge in [-0.3, -0.25) is 9.59 Å². The number of benzene rings is 3. The first kappa shape index (κ1) is 25.5. The summed E-state index contributed by atoms with van der Waals surface area (Å²) in [6, 6.07) is 24.6. The number of carbonyl (C=O) groups excluding carboxylic acids is 2. The van der Waals surface area contributed by atoms with E-state index in [1.165, 1.54) is 0 Å². The lowest BCUT2D eigenvalue weighted by atomic mass is 10.0. The van der Waals surface area contributed by atoms with Crippen LogP contribution in [0.2, 0.25) is 5.02 Å². The zero-order valence-electron chi connectivity index (χ0n) is 20.1. The lowest BCUT2D eigenvalue weighted by Crippen LogP contribution is -2.52. The van der Waals surface area contributed by atoms with Gasteiger partial charge in [-0.1, -0.05) is 90.8 Å². The second-order valence-electron chi connectivity index (χ2n) is 8.83. The molecule has 2 amide bonds. The molecule has 0 bridgehead atoms. The van der Waals surface area contributed by atoms with Crippen LogP contribution in [0, 0.1) is 6.92 Å². The van der Waals surface area contributed by atoms with E-state index in [9.17, 15) is 9.59 Å². The van der Waals surface area contributed by atoms with E-state index in [0.29, 0.717) is 18.0 Å². The summed E-state index contributed by atoms with van der Waals surface area (Å²) in [5.74, 6) is -0.224. The molecule has 1 N–H and O–H groups in total. The fraction of sp³-hybridized carbons (Fsp3) is 0.310. The van der Waals surface area contributed by atoms with E-state index in [4.69, 9.17) is 11.6 Å². The first-order valence-corrected chi connectivity index (χ1v) is 12.2. The van der Waals surface area contributed by atoms with Gasteiger partial charge in [0.1, 0.15) is 6.04 Å². The van der Waals surface area contributed by atoms with Gasteiger partial charge in [0.15, 0.2) is 0 Å². The highest BCUT2D eigenvalue weighted by Crippen LogP contribution is 2.18. The third-order valence-electron chi connectivity index (χ3n) is 6.01. The number of nitrogens with one attached hydrogen (secondary N) is 1. The minimum atomic E-state index is -0.627. The standard InChI is InChI=1S/C29H33ClN2O2/c1-4-22(3)31-29(34)27(18-23-8-6-5-7-9-23)32(20-25-12-10-21(2)11-13-25)28(33)19-24-14-16-26(30)17-15-24/h5-17,22,27H,4,18-20H2,1-3H3,(H,31,34)/t22-,27+/m1/s1. The molecule has 0 aromatic heterocycles. The lowest BCUT2D eigenvalue weighted by molar-refractivity contribution is -0.141. The van der Waals surface area contributed by atoms with Crippen LogP contribution in [0.5, 0.6) is 0 Å². The Kier molecular flexibility index (Phi) is 9.29. The van der Waals surface area contributed by atoms with Crippen molar-refractivity contribution in [2.75, 3.05) is 0 Å². The van der Waals surface area contributed by atoms with Crippen molar-refractivity contribution in [3.05, 3.63) is 106 Å². The number of nitrogens with zero attached hydrogens (tertiary/aromatic N) is 1. The van der Waals surface area contributed by atoms with Gasteiger partial charge in [0.25, 0.3) is 0 Å². The third-order valence-corrected chi connectivity index (χ3v) is 6.27. The number of amides is 2. The minimum Gasteiger partial charge on any atom is -0.352 e. The molecule has 3 rings (SSSR count). The van der Waals surface area contributed by atoms with Gasteiger partial charge in [0.2, 0.25) is 11.8 Å². The highest BCUT2D eigenvalue weighted by Gasteiger charge is 2.31. The highest BCUT2D eigenvalue weighted by atomic mass is 35.5. The zero-order valence-corrected chi connectivity index (χ0v) is 20.9. The van der Waals surface area contributed by atoms with E-state index >= 15 is 0 Å². The summed E-state index contributed by atoms with van der Waals surface area (Å²) < 4.78 is 0. The van der Waals surface area contributed by atoms with Crippen molar-refractivity contribution in [1.82, 2.24) is 10.2 Å². The predicted octanol–water partition coefficient (Wildman–Crippen LogP) is 5.75. The maximum Gasteiger partial charge on any atom is 0.243 e. The summed E-state index contributed by atoms with van der Waals surface area (Å²) in [5, 5.41) is 3.73. The summed E-state index contributed by atoms with van der Waals surface area (Å²) >= 11 is 6.03. The van der Waals surface area contributed by atoms with Crippen LogP contribution in [0.4, 0.5) is 0 Å². The molecule has 0 radical (unpaired) electrons. The summed E-state index contributed by atoms with van der Waals surface area (Å²) in [4.78, 5) is 28.9. The van der Waals surface area contributed by atoms with Gasteiger partial charge in [-0.15, -0.1) is 0 Å². The molecule has 2 atom stereocenters. The Labute approximate surface area is 207 Å². The van der Waals surface area contributed by atoms with Gasteiger partial charge in [-0.2, -0.15) is 0 Å². The van der Waals surface area contributed by atoms with Crippen molar-refractivity contribution in [3.8, 4) is 0 Å². The first-order chi connectivity index (χ1) is 16.4. The van der Waals surface area contributed by atoms with Crippen LogP contribution in [-0.4, -0.2) is 28.8 Å². The van der Waals surface area contributed by atoms with Crippen molar-refractivity contribution >= 4 is 23.4 Å². The molecular formula is C29H33ClN2O2. The Hall–Kier alpha value is -3.11. The van der Waals surface area contributed by atoms with Crippen molar-refractivity contribution in [3.63, 3.8) is 0 Å².